The Morgan fingerprint density at radius 3 is 2.79 bits per heavy atom. The normalized spacial score (nSPS) is 17.5. The van der Waals surface area contributed by atoms with Crippen molar-refractivity contribution in [1.29, 1.82) is 0 Å². The number of nitrogen functional groups attached to an aromatic ring is 1. The van der Waals surface area contributed by atoms with Crippen LogP contribution in [0.25, 0.3) is 0 Å². The fourth-order valence-corrected chi connectivity index (χ4v) is 2.79. The zero-order valence-electron chi connectivity index (χ0n) is 11.2. The van der Waals surface area contributed by atoms with Crippen LogP contribution >= 0.6 is 11.8 Å². The van der Waals surface area contributed by atoms with Gasteiger partial charge in [-0.15, -0.1) is 10.2 Å². The van der Waals surface area contributed by atoms with Crippen LogP contribution in [0.3, 0.4) is 0 Å². The molecule has 1 aliphatic heterocycles. The molecule has 0 radical (unpaired) electrons. The van der Waals surface area contributed by atoms with Crippen molar-refractivity contribution in [3.8, 4) is 0 Å². The number of hydrogen-bond acceptors (Lipinski definition) is 6. The zero-order valence-corrected chi connectivity index (χ0v) is 12.0. The molecule has 1 amide bonds. The Kier molecular flexibility index (Phi) is 4.65. The van der Waals surface area contributed by atoms with E-state index in [9.17, 15) is 4.79 Å². The second-order valence-electron chi connectivity index (χ2n) is 4.26. The molecule has 1 atom stereocenters. The van der Waals surface area contributed by atoms with Crippen molar-refractivity contribution in [3.05, 3.63) is 0 Å². The maximum absolute atomic E-state index is 12.4. The average molecular weight is 285 g/mol. The molecule has 1 aromatic heterocycles. The average Bonchev–Trinajstić information content (AvgIpc) is 2.80. The van der Waals surface area contributed by atoms with Crippen molar-refractivity contribution in [3.63, 3.8) is 0 Å². The molecule has 0 saturated carbocycles. The van der Waals surface area contributed by atoms with Crippen LogP contribution in [0, 0.1) is 0 Å². The highest BCUT2D eigenvalue weighted by Gasteiger charge is 2.27. The molecule has 1 aromatic rings. The molecule has 1 unspecified atom stereocenters. The Morgan fingerprint density at radius 1 is 1.47 bits per heavy atom. The van der Waals surface area contributed by atoms with Gasteiger partial charge in [-0.1, -0.05) is 18.7 Å². The lowest BCUT2D eigenvalue weighted by Crippen LogP contribution is -2.43. The summed E-state index contributed by atoms with van der Waals surface area (Å²) >= 11 is 1.53. The molecule has 2 heterocycles. The van der Waals surface area contributed by atoms with Crippen LogP contribution in [0.4, 0.5) is 5.95 Å². The molecule has 0 spiro atoms. The lowest BCUT2D eigenvalue weighted by atomic mass is 10.2. The first-order valence-corrected chi connectivity index (χ1v) is 7.33. The van der Waals surface area contributed by atoms with Crippen molar-refractivity contribution in [2.75, 3.05) is 37.8 Å². The molecule has 2 rings (SSSR count). The summed E-state index contributed by atoms with van der Waals surface area (Å²) in [5, 5.41) is 8.56. The fraction of sp³-hybridized carbons (Fsp3) is 0.727. The fourth-order valence-electron chi connectivity index (χ4n) is 2.04. The van der Waals surface area contributed by atoms with E-state index in [1.54, 1.807) is 9.47 Å². The minimum atomic E-state index is -0.387. The largest absolute Gasteiger partial charge is 0.378 e. The van der Waals surface area contributed by atoms with E-state index < -0.39 is 0 Å². The van der Waals surface area contributed by atoms with Gasteiger partial charge in [0.15, 0.2) is 5.16 Å². The lowest BCUT2D eigenvalue weighted by Gasteiger charge is -2.30. The quantitative estimate of drug-likeness (QED) is 0.806. The Morgan fingerprint density at radius 2 is 2.16 bits per heavy atom. The van der Waals surface area contributed by atoms with Crippen LogP contribution in [-0.2, 0) is 9.53 Å². The standard InChI is InChI=1S/C11H19N5O2S/c1-3-19-11-14-13-10(12)16(11)8(2)9(17)15-4-6-18-7-5-15/h8H,3-7H2,1-2H3,(H2,12,13). The maximum atomic E-state index is 12.4. The van der Waals surface area contributed by atoms with Crippen molar-refractivity contribution in [2.24, 2.45) is 0 Å². The summed E-state index contributed by atoms with van der Waals surface area (Å²) in [6.07, 6.45) is 0. The molecule has 8 heteroatoms. The van der Waals surface area contributed by atoms with Crippen molar-refractivity contribution >= 4 is 23.6 Å². The number of nitrogens with zero attached hydrogens (tertiary/aromatic N) is 4. The highest BCUT2D eigenvalue weighted by molar-refractivity contribution is 7.99. The van der Waals surface area contributed by atoms with E-state index in [-0.39, 0.29) is 17.9 Å². The van der Waals surface area contributed by atoms with Crippen LogP contribution < -0.4 is 5.73 Å². The third-order valence-corrected chi connectivity index (χ3v) is 3.86. The molecule has 0 aromatic carbocycles. The van der Waals surface area contributed by atoms with E-state index in [1.807, 2.05) is 13.8 Å². The number of anilines is 1. The number of amides is 1. The van der Waals surface area contributed by atoms with E-state index in [2.05, 4.69) is 10.2 Å². The van der Waals surface area contributed by atoms with Gasteiger partial charge in [0, 0.05) is 13.1 Å². The van der Waals surface area contributed by atoms with E-state index in [0.29, 0.717) is 31.5 Å². The molecule has 0 bridgehead atoms. The Bertz CT molecular complexity index is 444. The monoisotopic (exact) mass is 285 g/mol. The van der Waals surface area contributed by atoms with E-state index in [0.717, 1.165) is 5.75 Å². The molecule has 1 fully saturated rings. The Hall–Kier alpha value is -1.28. The van der Waals surface area contributed by atoms with Crippen molar-refractivity contribution in [1.82, 2.24) is 19.7 Å². The third-order valence-electron chi connectivity index (χ3n) is 3.03. The predicted molar refractivity (Wildman–Crippen MR) is 72.9 cm³/mol. The van der Waals surface area contributed by atoms with Gasteiger partial charge >= 0.3 is 0 Å². The number of rotatable bonds is 4. The molecule has 2 N–H and O–H groups in total. The molecular formula is C11H19N5O2S. The second-order valence-corrected chi connectivity index (χ2v) is 5.49. The first-order chi connectivity index (χ1) is 9.15. The van der Waals surface area contributed by atoms with E-state index in [1.165, 1.54) is 11.8 Å². The SMILES string of the molecule is CCSc1nnc(N)n1C(C)C(=O)N1CCOCC1. The van der Waals surface area contributed by atoms with Crippen LogP contribution in [0.2, 0.25) is 0 Å². The minimum Gasteiger partial charge on any atom is -0.378 e. The summed E-state index contributed by atoms with van der Waals surface area (Å²) in [6.45, 7) is 6.29. The zero-order chi connectivity index (χ0) is 13.8. The number of ether oxygens (including phenoxy) is 1. The van der Waals surface area contributed by atoms with E-state index in [4.69, 9.17) is 10.5 Å². The number of carbonyl (C=O) groups is 1. The summed E-state index contributed by atoms with van der Waals surface area (Å²) in [4.78, 5) is 14.2. The third kappa shape index (κ3) is 3.01. The number of aromatic nitrogens is 3. The van der Waals surface area contributed by atoms with Gasteiger partial charge in [0.1, 0.15) is 6.04 Å². The summed E-state index contributed by atoms with van der Waals surface area (Å²) in [5.74, 6) is 1.18. The van der Waals surface area contributed by atoms with Gasteiger partial charge in [0.25, 0.3) is 0 Å². The Labute approximate surface area is 116 Å². The number of morpholine rings is 1. The first kappa shape index (κ1) is 14.1. The summed E-state index contributed by atoms with van der Waals surface area (Å²) < 4.78 is 6.95. The molecular weight excluding hydrogens is 266 g/mol. The highest BCUT2D eigenvalue weighted by atomic mass is 32.2. The number of nitrogens with two attached hydrogens (primary N) is 1. The maximum Gasteiger partial charge on any atom is 0.245 e. The van der Waals surface area contributed by atoms with Gasteiger partial charge < -0.3 is 15.4 Å². The molecule has 0 aliphatic carbocycles. The number of carbonyl (C=O) groups excluding carboxylic acids is 1. The van der Waals surface area contributed by atoms with Gasteiger partial charge in [-0.2, -0.15) is 0 Å². The summed E-state index contributed by atoms with van der Waals surface area (Å²) in [5.41, 5.74) is 5.82. The van der Waals surface area contributed by atoms with Gasteiger partial charge in [-0.25, -0.2) is 0 Å². The Balaban J connectivity index is 2.15. The number of thioether (sulfide) groups is 1. The molecule has 106 valence electrons. The predicted octanol–water partition coefficient (Wildman–Crippen LogP) is 0.392. The summed E-state index contributed by atoms with van der Waals surface area (Å²) in [6, 6.07) is -0.387. The van der Waals surface area contributed by atoms with Gasteiger partial charge in [-0.3, -0.25) is 9.36 Å². The van der Waals surface area contributed by atoms with Crippen molar-refractivity contribution < 1.29 is 9.53 Å². The van der Waals surface area contributed by atoms with Crippen LogP contribution in [0.5, 0.6) is 0 Å². The second kappa shape index (κ2) is 6.25. The van der Waals surface area contributed by atoms with Gasteiger partial charge in [0.2, 0.25) is 11.9 Å². The lowest BCUT2D eigenvalue weighted by molar-refractivity contribution is -0.138. The van der Waals surface area contributed by atoms with Crippen LogP contribution in [0.1, 0.15) is 19.9 Å². The van der Waals surface area contributed by atoms with Crippen molar-refractivity contribution in [2.45, 2.75) is 25.0 Å². The summed E-state index contributed by atoms with van der Waals surface area (Å²) in [7, 11) is 0. The topological polar surface area (TPSA) is 86.3 Å². The molecule has 1 saturated heterocycles. The smallest absolute Gasteiger partial charge is 0.245 e. The number of hydrogen-bond donors (Lipinski definition) is 1. The van der Waals surface area contributed by atoms with E-state index >= 15 is 0 Å². The van der Waals surface area contributed by atoms with Crippen LogP contribution in [0.15, 0.2) is 5.16 Å². The highest BCUT2D eigenvalue weighted by Crippen LogP contribution is 2.24. The molecule has 7 nitrogen and oxygen atoms in total. The van der Waals surface area contributed by atoms with Gasteiger partial charge in [-0.05, 0) is 12.7 Å². The molecule has 19 heavy (non-hydrogen) atoms. The van der Waals surface area contributed by atoms with Crippen LogP contribution in [-0.4, -0.2) is 57.6 Å². The molecule has 1 aliphatic rings. The minimum absolute atomic E-state index is 0.0350. The van der Waals surface area contributed by atoms with Gasteiger partial charge in [0.05, 0.1) is 13.2 Å². The first-order valence-electron chi connectivity index (χ1n) is 6.34.